The number of nitrogens with two attached hydrogens (primary N) is 1. The molecule has 7 N–H and O–H groups in total. The van der Waals surface area contributed by atoms with Gasteiger partial charge < -0.3 is 31.9 Å². The van der Waals surface area contributed by atoms with Crippen molar-refractivity contribution in [2.75, 3.05) is 13.2 Å². The summed E-state index contributed by atoms with van der Waals surface area (Å²) < 4.78 is 0. The number of amides is 3. The molecule has 0 aliphatic heterocycles. The molecule has 1 aromatic rings. The van der Waals surface area contributed by atoms with E-state index in [0.717, 1.165) is 5.56 Å². The van der Waals surface area contributed by atoms with Crippen LogP contribution >= 0.6 is 0 Å². The number of nitrogens with one attached hydrogen (secondary N) is 3. The van der Waals surface area contributed by atoms with Crippen LogP contribution in [0.1, 0.15) is 19.4 Å². The largest absolute Gasteiger partial charge is 0.480 e. The van der Waals surface area contributed by atoms with E-state index in [0.29, 0.717) is 0 Å². The Morgan fingerprint density at radius 3 is 2.03 bits per heavy atom. The maximum atomic E-state index is 12.7. The molecule has 0 aliphatic carbocycles. The van der Waals surface area contributed by atoms with Gasteiger partial charge in [-0.25, -0.2) is 4.79 Å². The maximum absolute atomic E-state index is 12.7. The zero-order chi connectivity index (χ0) is 22.0. The molecule has 0 aromatic heterocycles. The van der Waals surface area contributed by atoms with Gasteiger partial charge >= 0.3 is 5.97 Å². The first kappa shape index (κ1) is 24.1. The van der Waals surface area contributed by atoms with Crippen molar-refractivity contribution < 1.29 is 29.4 Å². The molecule has 1 aromatic carbocycles. The zero-order valence-electron chi connectivity index (χ0n) is 16.4. The summed E-state index contributed by atoms with van der Waals surface area (Å²) in [6, 6.07) is 5.28. The number of aliphatic hydroxyl groups is 1. The van der Waals surface area contributed by atoms with Gasteiger partial charge in [0.25, 0.3) is 0 Å². The average Bonchev–Trinajstić information content (AvgIpc) is 2.69. The second-order valence-corrected chi connectivity index (χ2v) is 6.83. The topological polar surface area (TPSA) is 171 Å². The van der Waals surface area contributed by atoms with Crippen LogP contribution in [0.15, 0.2) is 30.3 Å². The molecule has 0 radical (unpaired) electrons. The van der Waals surface area contributed by atoms with Crippen LogP contribution in [0.5, 0.6) is 0 Å². The predicted octanol–water partition coefficient (Wildman–Crippen LogP) is -1.62. The van der Waals surface area contributed by atoms with E-state index in [4.69, 9.17) is 15.9 Å². The first-order valence-corrected chi connectivity index (χ1v) is 9.17. The van der Waals surface area contributed by atoms with Gasteiger partial charge in [-0.1, -0.05) is 44.2 Å². The SMILES string of the molecule is CC(C)C(NC(=O)CN)C(=O)NC(Cc1ccccc1)C(=O)NC(CO)C(=O)O. The summed E-state index contributed by atoms with van der Waals surface area (Å²) in [5.41, 5.74) is 6.02. The minimum atomic E-state index is -1.50. The highest BCUT2D eigenvalue weighted by molar-refractivity contribution is 5.93. The molecule has 0 spiro atoms. The van der Waals surface area contributed by atoms with Crippen molar-refractivity contribution in [3.8, 4) is 0 Å². The predicted molar refractivity (Wildman–Crippen MR) is 105 cm³/mol. The lowest BCUT2D eigenvalue weighted by molar-refractivity contribution is -0.143. The van der Waals surface area contributed by atoms with Crippen molar-refractivity contribution in [2.24, 2.45) is 11.7 Å². The van der Waals surface area contributed by atoms with Gasteiger partial charge in [-0.15, -0.1) is 0 Å². The van der Waals surface area contributed by atoms with Crippen molar-refractivity contribution in [3.63, 3.8) is 0 Å². The molecule has 160 valence electrons. The van der Waals surface area contributed by atoms with E-state index in [9.17, 15) is 19.2 Å². The number of carboxylic acid groups (broad SMARTS) is 1. The fourth-order valence-electron chi connectivity index (χ4n) is 2.55. The molecule has 3 amide bonds. The van der Waals surface area contributed by atoms with Gasteiger partial charge in [0.15, 0.2) is 0 Å². The lowest BCUT2D eigenvalue weighted by Gasteiger charge is -2.26. The van der Waals surface area contributed by atoms with Gasteiger partial charge in [0.1, 0.15) is 18.1 Å². The molecule has 0 saturated carbocycles. The number of aliphatic carboxylic acids is 1. The van der Waals surface area contributed by atoms with Crippen LogP contribution in [-0.2, 0) is 25.6 Å². The summed E-state index contributed by atoms with van der Waals surface area (Å²) in [6.45, 7) is 2.36. The second-order valence-electron chi connectivity index (χ2n) is 6.83. The summed E-state index contributed by atoms with van der Waals surface area (Å²) in [4.78, 5) is 48.1. The van der Waals surface area contributed by atoms with Crippen molar-refractivity contribution in [2.45, 2.75) is 38.4 Å². The molecule has 29 heavy (non-hydrogen) atoms. The van der Waals surface area contributed by atoms with Gasteiger partial charge in [0, 0.05) is 6.42 Å². The molecule has 10 heteroatoms. The van der Waals surface area contributed by atoms with Gasteiger partial charge in [-0.3, -0.25) is 14.4 Å². The highest BCUT2D eigenvalue weighted by atomic mass is 16.4. The lowest BCUT2D eigenvalue weighted by Crippen LogP contribution is -2.58. The highest BCUT2D eigenvalue weighted by Crippen LogP contribution is 2.07. The Morgan fingerprint density at radius 1 is 0.966 bits per heavy atom. The number of carboxylic acids is 1. The summed E-state index contributed by atoms with van der Waals surface area (Å²) in [7, 11) is 0. The van der Waals surface area contributed by atoms with Crippen LogP contribution in [0.4, 0.5) is 0 Å². The Balaban J connectivity index is 3.02. The molecule has 3 unspecified atom stereocenters. The Bertz CT molecular complexity index is 710. The first-order chi connectivity index (χ1) is 13.7. The zero-order valence-corrected chi connectivity index (χ0v) is 16.4. The third kappa shape index (κ3) is 7.88. The third-order valence-electron chi connectivity index (χ3n) is 4.16. The Kier molecular flexibility index (Phi) is 9.76. The Morgan fingerprint density at radius 2 is 1.55 bits per heavy atom. The number of carbonyl (C=O) groups excluding carboxylic acids is 3. The Hall–Kier alpha value is -2.98. The van der Waals surface area contributed by atoms with Crippen LogP contribution in [0.25, 0.3) is 0 Å². The van der Waals surface area contributed by atoms with E-state index >= 15 is 0 Å². The standard InChI is InChI=1S/C19H28N4O6/c1-11(2)16(23-15(25)9-20)18(27)21-13(8-12-6-4-3-5-7-12)17(26)22-14(10-24)19(28)29/h3-7,11,13-14,16,24H,8-10,20H2,1-2H3,(H,21,27)(H,22,26)(H,23,25)(H,28,29). The van der Waals surface area contributed by atoms with Crippen LogP contribution in [0.3, 0.4) is 0 Å². The van der Waals surface area contributed by atoms with Crippen LogP contribution in [0, 0.1) is 5.92 Å². The van der Waals surface area contributed by atoms with Crippen molar-refractivity contribution in [1.82, 2.24) is 16.0 Å². The smallest absolute Gasteiger partial charge is 0.328 e. The minimum absolute atomic E-state index is 0.0891. The molecular weight excluding hydrogens is 380 g/mol. The van der Waals surface area contributed by atoms with Gasteiger partial charge in [0.2, 0.25) is 17.7 Å². The monoisotopic (exact) mass is 408 g/mol. The van der Waals surface area contributed by atoms with E-state index < -0.39 is 48.4 Å². The second kappa shape index (κ2) is 11.8. The number of rotatable bonds is 11. The lowest BCUT2D eigenvalue weighted by atomic mass is 10.0. The van der Waals surface area contributed by atoms with E-state index in [1.807, 2.05) is 0 Å². The summed E-state index contributed by atoms with van der Waals surface area (Å²) in [5, 5.41) is 25.5. The normalized spacial score (nSPS) is 13.8. The summed E-state index contributed by atoms with van der Waals surface area (Å²) >= 11 is 0. The summed E-state index contributed by atoms with van der Waals surface area (Å²) in [6.07, 6.45) is 0.0891. The third-order valence-corrected chi connectivity index (χ3v) is 4.16. The Labute approximate surface area is 168 Å². The van der Waals surface area contributed by atoms with E-state index in [1.54, 1.807) is 44.2 Å². The first-order valence-electron chi connectivity index (χ1n) is 9.17. The van der Waals surface area contributed by atoms with Crippen LogP contribution in [0.2, 0.25) is 0 Å². The molecule has 0 fully saturated rings. The molecule has 1 rings (SSSR count). The summed E-state index contributed by atoms with van der Waals surface area (Å²) in [5.74, 6) is -3.57. The van der Waals surface area contributed by atoms with Crippen molar-refractivity contribution in [1.29, 1.82) is 0 Å². The number of benzene rings is 1. The quantitative estimate of drug-likeness (QED) is 0.255. The van der Waals surface area contributed by atoms with Crippen LogP contribution in [-0.4, -0.2) is 65.2 Å². The molecule has 0 bridgehead atoms. The highest BCUT2D eigenvalue weighted by Gasteiger charge is 2.30. The van der Waals surface area contributed by atoms with E-state index in [2.05, 4.69) is 16.0 Å². The number of hydrogen-bond donors (Lipinski definition) is 6. The molecule has 3 atom stereocenters. The number of aliphatic hydroxyl groups excluding tert-OH is 1. The fraction of sp³-hybridized carbons (Fsp3) is 0.474. The van der Waals surface area contributed by atoms with Crippen LogP contribution < -0.4 is 21.7 Å². The van der Waals surface area contributed by atoms with Gasteiger partial charge in [0.05, 0.1) is 13.2 Å². The van der Waals surface area contributed by atoms with Crippen molar-refractivity contribution >= 4 is 23.7 Å². The van der Waals surface area contributed by atoms with Gasteiger partial charge in [-0.2, -0.15) is 0 Å². The molecule has 0 heterocycles. The minimum Gasteiger partial charge on any atom is -0.480 e. The molecule has 10 nitrogen and oxygen atoms in total. The van der Waals surface area contributed by atoms with Gasteiger partial charge in [-0.05, 0) is 11.5 Å². The molecule has 0 aliphatic rings. The van der Waals surface area contributed by atoms with Crippen molar-refractivity contribution in [3.05, 3.63) is 35.9 Å². The maximum Gasteiger partial charge on any atom is 0.328 e. The average molecular weight is 408 g/mol. The number of hydrogen-bond acceptors (Lipinski definition) is 6. The fourth-order valence-corrected chi connectivity index (χ4v) is 2.55. The molecular formula is C19H28N4O6. The number of carbonyl (C=O) groups is 4. The van der Waals surface area contributed by atoms with E-state index in [1.165, 1.54) is 0 Å². The molecule has 0 saturated heterocycles. The van der Waals surface area contributed by atoms with E-state index in [-0.39, 0.29) is 18.9 Å².